The Morgan fingerprint density at radius 2 is 1.86 bits per heavy atom. The number of fused-ring (bicyclic) bond motifs is 1. The highest BCUT2D eigenvalue weighted by Gasteiger charge is 2.56. The number of hydrogen-bond donors (Lipinski definition) is 1. The zero-order valence-electron chi connectivity index (χ0n) is 13.8. The number of carbonyl (C=O) groups excluding carboxylic acids is 3. The molecule has 0 saturated carbocycles. The molecule has 11 heteroatoms. The summed E-state index contributed by atoms with van der Waals surface area (Å²) >= 11 is 0. The smallest absolute Gasteiger partial charge is 0.296 e. The molecule has 0 spiro atoms. The minimum absolute atomic E-state index is 0.0990. The van der Waals surface area contributed by atoms with Gasteiger partial charge in [0, 0.05) is 12.4 Å². The van der Waals surface area contributed by atoms with Crippen molar-refractivity contribution < 1.29 is 27.6 Å². The van der Waals surface area contributed by atoms with Gasteiger partial charge in [0.25, 0.3) is 5.91 Å². The van der Waals surface area contributed by atoms with Gasteiger partial charge < -0.3 is 0 Å². The van der Waals surface area contributed by atoms with Gasteiger partial charge in [-0.3, -0.25) is 24.8 Å². The number of carbonyl (C=O) groups is 3. The van der Waals surface area contributed by atoms with E-state index in [1.807, 2.05) is 0 Å². The molecule has 0 radical (unpaired) electrons. The Morgan fingerprint density at radius 3 is 2.54 bits per heavy atom. The molecule has 142 valence electrons. The van der Waals surface area contributed by atoms with Crippen LogP contribution in [0.1, 0.15) is 16.1 Å². The van der Waals surface area contributed by atoms with E-state index in [2.05, 4.69) is 20.5 Å². The van der Waals surface area contributed by atoms with E-state index in [1.54, 1.807) is 0 Å². The molecule has 2 aliphatic rings. The minimum Gasteiger partial charge on any atom is -0.296 e. The maximum atomic E-state index is 13.3. The average Bonchev–Trinajstić information content (AvgIpc) is 3.22. The Morgan fingerprint density at radius 1 is 1.11 bits per heavy atom. The molecule has 1 saturated heterocycles. The van der Waals surface area contributed by atoms with Crippen molar-refractivity contribution in [2.45, 2.75) is 12.2 Å². The number of imide groups is 1. The second-order valence-corrected chi connectivity index (χ2v) is 6.03. The van der Waals surface area contributed by atoms with Gasteiger partial charge in [-0.1, -0.05) is 12.1 Å². The van der Waals surface area contributed by atoms with Gasteiger partial charge in [-0.05, 0) is 12.1 Å². The predicted octanol–water partition coefficient (Wildman–Crippen LogP) is 1.20. The Balaban J connectivity index is 1.72. The van der Waals surface area contributed by atoms with Gasteiger partial charge >= 0.3 is 6.18 Å². The number of amides is 2. The summed E-state index contributed by atoms with van der Waals surface area (Å²) in [5, 5.41) is 3.76. The van der Waals surface area contributed by atoms with E-state index < -0.39 is 47.0 Å². The number of aromatic nitrogens is 2. The molecule has 0 aliphatic carbocycles. The first-order valence-electron chi connectivity index (χ1n) is 7.98. The lowest BCUT2D eigenvalue weighted by atomic mass is 9.94. The summed E-state index contributed by atoms with van der Waals surface area (Å²) in [7, 11) is 0. The molecule has 1 N–H and O–H groups in total. The number of halogens is 3. The first kappa shape index (κ1) is 17.8. The van der Waals surface area contributed by atoms with Gasteiger partial charge in [0.05, 0.1) is 17.4 Å². The second kappa shape index (κ2) is 6.22. The van der Waals surface area contributed by atoms with Gasteiger partial charge in [0.2, 0.25) is 11.7 Å². The van der Waals surface area contributed by atoms with Crippen LogP contribution in [0.5, 0.6) is 0 Å². The molecule has 1 fully saturated rings. The Bertz CT molecular complexity index is 1020. The molecule has 4 rings (SSSR count). The number of hydrogen-bond acceptors (Lipinski definition) is 7. The minimum atomic E-state index is -4.77. The van der Waals surface area contributed by atoms with Crippen molar-refractivity contribution in [1.29, 1.82) is 0 Å². The van der Waals surface area contributed by atoms with Crippen molar-refractivity contribution in [3.05, 3.63) is 54.1 Å². The summed E-state index contributed by atoms with van der Waals surface area (Å²) in [6.07, 6.45) is -1.000. The zero-order valence-corrected chi connectivity index (χ0v) is 13.8. The van der Waals surface area contributed by atoms with E-state index in [4.69, 9.17) is 0 Å². The Kier molecular flexibility index (Phi) is 3.95. The van der Waals surface area contributed by atoms with Crippen molar-refractivity contribution in [3.8, 4) is 0 Å². The van der Waals surface area contributed by atoms with Gasteiger partial charge in [0.1, 0.15) is 23.4 Å². The standard InChI is InChI=1S/C17H10F3N5O3/c18-17(19,20)8-3-1-2-4-10(8)25-15(27)11-12(23-24-13(11)16(25)28)14(26)9-7-21-5-6-22-9/h1-7,11,13,24H/t11-,13+/m1/s1. The van der Waals surface area contributed by atoms with E-state index in [0.717, 1.165) is 24.4 Å². The molecule has 0 bridgehead atoms. The van der Waals surface area contributed by atoms with Crippen LogP contribution in [-0.2, 0) is 15.8 Å². The van der Waals surface area contributed by atoms with E-state index >= 15 is 0 Å². The number of para-hydroxylation sites is 1. The monoisotopic (exact) mass is 389 g/mol. The number of rotatable bonds is 3. The first-order chi connectivity index (χ1) is 13.3. The van der Waals surface area contributed by atoms with Crippen molar-refractivity contribution >= 4 is 29.0 Å². The highest BCUT2D eigenvalue weighted by Crippen LogP contribution is 2.40. The van der Waals surface area contributed by atoms with Crippen LogP contribution in [0.25, 0.3) is 0 Å². The molecular weight excluding hydrogens is 379 g/mol. The van der Waals surface area contributed by atoms with Gasteiger partial charge in [-0.15, -0.1) is 0 Å². The Labute approximate surface area is 155 Å². The number of nitrogens with zero attached hydrogens (tertiary/aromatic N) is 4. The van der Waals surface area contributed by atoms with Crippen LogP contribution in [0.4, 0.5) is 18.9 Å². The molecule has 8 nitrogen and oxygen atoms in total. The van der Waals surface area contributed by atoms with Crippen molar-refractivity contribution in [1.82, 2.24) is 15.4 Å². The molecule has 0 unspecified atom stereocenters. The fourth-order valence-electron chi connectivity index (χ4n) is 3.17. The highest BCUT2D eigenvalue weighted by molar-refractivity contribution is 6.52. The highest BCUT2D eigenvalue weighted by atomic mass is 19.4. The fraction of sp³-hybridized carbons (Fsp3) is 0.176. The van der Waals surface area contributed by atoms with Gasteiger partial charge in [-0.2, -0.15) is 18.3 Å². The maximum Gasteiger partial charge on any atom is 0.418 e. The summed E-state index contributed by atoms with van der Waals surface area (Å²) in [4.78, 5) is 46.1. The molecule has 28 heavy (non-hydrogen) atoms. The van der Waals surface area contributed by atoms with E-state index in [9.17, 15) is 27.6 Å². The fourth-order valence-corrected chi connectivity index (χ4v) is 3.17. The van der Waals surface area contributed by atoms with E-state index in [0.29, 0.717) is 4.90 Å². The molecule has 1 aromatic heterocycles. The molecule has 3 heterocycles. The second-order valence-electron chi connectivity index (χ2n) is 6.03. The lowest BCUT2D eigenvalue weighted by Gasteiger charge is -2.20. The SMILES string of the molecule is O=C(C1=NN[C@@H]2C(=O)N(c3ccccc3C(F)(F)F)C(=O)[C@H]12)c1cnccn1. The third kappa shape index (κ3) is 2.63. The van der Waals surface area contributed by atoms with Crippen LogP contribution in [0.3, 0.4) is 0 Å². The maximum absolute atomic E-state index is 13.3. The summed E-state index contributed by atoms with van der Waals surface area (Å²) in [6.45, 7) is 0. The average molecular weight is 389 g/mol. The normalized spacial score (nSPS) is 21.4. The number of nitrogens with one attached hydrogen (secondary N) is 1. The van der Waals surface area contributed by atoms with Crippen molar-refractivity contribution in [3.63, 3.8) is 0 Å². The molecule has 2 aliphatic heterocycles. The van der Waals surface area contributed by atoms with Gasteiger partial charge in [0.15, 0.2) is 0 Å². The Hall–Kier alpha value is -3.63. The summed E-state index contributed by atoms with van der Waals surface area (Å²) in [5.74, 6) is -3.96. The lowest BCUT2D eigenvalue weighted by molar-refractivity contribution is -0.137. The predicted molar refractivity (Wildman–Crippen MR) is 88.1 cm³/mol. The van der Waals surface area contributed by atoms with Crippen LogP contribution in [-0.4, -0.2) is 39.3 Å². The lowest BCUT2D eigenvalue weighted by Crippen LogP contribution is -2.37. The van der Waals surface area contributed by atoms with E-state index in [-0.39, 0.29) is 11.4 Å². The topological polar surface area (TPSA) is 105 Å². The molecule has 2 amide bonds. The molecule has 2 atom stereocenters. The van der Waals surface area contributed by atoms with E-state index in [1.165, 1.54) is 18.5 Å². The first-order valence-corrected chi connectivity index (χ1v) is 7.98. The van der Waals surface area contributed by atoms with Crippen molar-refractivity contribution in [2.75, 3.05) is 4.90 Å². The number of Topliss-reactive ketones (excluding diaryl/α,β-unsaturated/α-hetero) is 1. The summed E-state index contributed by atoms with van der Waals surface area (Å²) in [6, 6.07) is 2.98. The van der Waals surface area contributed by atoms with Crippen LogP contribution in [0, 0.1) is 5.92 Å². The third-order valence-corrected chi connectivity index (χ3v) is 4.40. The summed E-state index contributed by atoms with van der Waals surface area (Å²) in [5.41, 5.74) is 0.269. The number of hydrazone groups is 1. The molecule has 2 aromatic rings. The van der Waals surface area contributed by atoms with Crippen LogP contribution in [0.2, 0.25) is 0 Å². The quantitative estimate of drug-likeness (QED) is 0.625. The third-order valence-electron chi connectivity index (χ3n) is 4.40. The number of anilines is 1. The van der Waals surface area contributed by atoms with Crippen molar-refractivity contribution in [2.24, 2.45) is 11.0 Å². The molecule has 1 aromatic carbocycles. The number of alkyl halides is 3. The van der Waals surface area contributed by atoms with Gasteiger partial charge in [-0.25, -0.2) is 9.88 Å². The largest absolute Gasteiger partial charge is 0.418 e. The van der Waals surface area contributed by atoms with Crippen LogP contribution >= 0.6 is 0 Å². The van der Waals surface area contributed by atoms with Crippen LogP contribution in [0.15, 0.2) is 48.0 Å². The molecular formula is C17H10F3N5O3. The summed E-state index contributed by atoms with van der Waals surface area (Å²) < 4.78 is 39.9. The number of ketones is 1. The number of benzene rings is 1. The zero-order chi connectivity index (χ0) is 20.1. The van der Waals surface area contributed by atoms with Crippen LogP contribution < -0.4 is 10.3 Å².